The number of aromatic nitrogens is 1. The van der Waals surface area contributed by atoms with E-state index >= 15 is 0 Å². The number of carbonyl (C=O) groups excluding carboxylic acids is 2. The third kappa shape index (κ3) is 6.18. The monoisotopic (exact) mass is 460 g/mol. The molecule has 1 amide bonds. The smallest absolute Gasteiger partial charge is 0.326 e. The molecule has 0 bridgehead atoms. The van der Waals surface area contributed by atoms with Gasteiger partial charge in [0.1, 0.15) is 12.3 Å². The SMILES string of the molecule is CCCCCOc1ccc(C(=O)N=c2sc3cc(Cl)ccc3n2CC(=O)OCC)cc1. The van der Waals surface area contributed by atoms with Crippen molar-refractivity contribution in [3.05, 3.63) is 57.9 Å². The lowest BCUT2D eigenvalue weighted by Crippen LogP contribution is -2.23. The van der Waals surface area contributed by atoms with Gasteiger partial charge in [0.05, 0.1) is 23.4 Å². The van der Waals surface area contributed by atoms with E-state index in [1.54, 1.807) is 47.9 Å². The summed E-state index contributed by atoms with van der Waals surface area (Å²) in [5.74, 6) is -0.0649. The minimum Gasteiger partial charge on any atom is -0.494 e. The number of nitrogens with zero attached hydrogens (tertiary/aromatic N) is 2. The molecule has 3 rings (SSSR count). The van der Waals surface area contributed by atoms with E-state index in [-0.39, 0.29) is 13.2 Å². The molecule has 1 heterocycles. The van der Waals surface area contributed by atoms with Crippen molar-refractivity contribution in [2.24, 2.45) is 4.99 Å². The number of esters is 1. The molecule has 0 aliphatic heterocycles. The van der Waals surface area contributed by atoms with E-state index < -0.39 is 11.9 Å². The highest BCUT2D eigenvalue weighted by molar-refractivity contribution is 7.16. The summed E-state index contributed by atoms with van der Waals surface area (Å²) in [6, 6.07) is 12.3. The second-order valence-corrected chi connectivity index (χ2v) is 8.33. The Bertz CT molecular complexity index is 1120. The summed E-state index contributed by atoms with van der Waals surface area (Å²) in [5.41, 5.74) is 1.21. The minimum atomic E-state index is -0.396. The van der Waals surface area contributed by atoms with E-state index in [1.165, 1.54) is 11.3 Å². The zero-order valence-corrected chi connectivity index (χ0v) is 19.2. The molecule has 0 fully saturated rings. The number of fused-ring (bicyclic) bond motifs is 1. The normalized spacial score (nSPS) is 11.6. The Morgan fingerprint density at radius 2 is 1.87 bits per heavy atom. The molecule has 0 aliphatic rings. The van der Waals surface area contributed by atoms with E-state index in [2.05, 4.69) is 11.9 Å². The number of rotatable bonds is 9. The molecule has 8 heteroatoms. The molecule has 0 saturated carbocycles. The topological polar surface area (TPSA) is 69.9 Å². The largest absolute Gasteiger partial charge is 0.494 e. The van der Waals surface area contributed by atoms with Gasteiger partial charge in [0.2, 0.25) is 0 Å². The number of amides is 1. The highest BCUT2D eigenvalue weighted by atomic mass is 35.5. The molecule has 0 aliphatic carbocycles. The first kappa shape index (κ1) is 23.0. The summed E-state index contributed by atoms with van der Waals surface area (Å²) in [6.07, 6.45) is 3.27. The maximum Gasteiger partial charge on any atom is 0.326 e. The van der Waals surface area contributed by atoms with Crippen molar-refractivity contribution in [2.45, 2.75) is 39.7 Å². The molecule has 1 aromatic heterocycles. The predicted molar refractivity (Wildman–Crippen MR) is 123 cm³/mol. The number of hydrogen-bond acceptors (Lipinski definition) is 5. The van der Waals surface area contributed by atoms with Crippen LogP contribution >= 0.6 is 22.9 Å². The van der Waals surface area contributed by atoms with E-state index in [0.717, 1.165) is 35.2 Å². The molecule has 0 radical (unpaired) electrons. The van der Waals surface area contributed by atoms with Crippen LogP contribution in [0.1, 0.15) is 43.5 Å². The number of ether oxygens (including phenoxy) is 2. The molecular weight excluding hydrogens is 436 g/mol. The Morgan fingerprint density at radius 1 is 1.10 bits per heavy atom. The van der Waals surface area contributed by atoms with Gasteiger partial charge in [-0.2, -0.15) is 4.99 Å². The van der Waals surface area contributed by atoms with Gasteiger partial charge in [0.25, 0.3) is 5.91 Å². The fraction of sp³-hybridized carbons (Fsp3) is 0.348. The Balaban J connectivity index is 1.86. The average molecular weight is 461 g/mol. The number of unbranched alkanes of at least 4 members (excludes halogenated alkanes) is 2. The lowest BCUT2D eigenvalue weighted by Gasteiger charge is -2.06. The first-order chi connectivity index (χ1) is 15.0. The van der Waals surface area contributed by atoms with Gasteiger partial charge in [0, 0.05) is 10.6 Å². The molecule has 6 nitrogen and oxygen atoms in total. The number of benzene rings is 2. The van der Waals surface area contributed by atoms with E-state index in [4.69, 9.17) is 21.1 Å². The zero-order valence-electron chi connectivity index (χ0n) is 17.6. The maximum absolute atomic E-state index is 12.8. The quantitative estimate of drug-likeness (QED) is 0.324. The number of carbonyl (C=O) groups is 2. The first-order valence-electron chi connectivity index (χ1n) is 10.3. The van der Waals surface area contributed by atoms with Gasteiger partial charge in [-0.1, -0.05) is 42.7 Å². The lowest BCUT2D eigenvalue weighted by molar-refractivity contribution is -0.143. The fourth-order valence-electron chi connectivity index (χ4n) is 3.01. The minimum absolute atomic E-state index is 0.0356. The Hall–Kier alpha value is -2.64. The fourth-order valence-corrected chi connectivity index (χ4v) is 4.31. The van der Waals surface area contributed by atoms with Crippen LogP contribution in [-0.2, 0) is 16.1 Å². The molecule has 2 aromatic carbocycles. The third-order valence-corrected chi connectivity index (χ3v) is 5.83. The summed E-state index contributed by atoms with van der Waals surface area (Å²) in [7, 11) is 0. The highest BCUT2D eigenvalue weighted by Gasteiger charge is 2.13. The molecule has 0 spiro atoms. The number of thiazole rings is 1. The summed E-state index contributed by atoms with van der Waals surface area (Å²) in [6.45, 7) is 4.80. The van der Waals surface area contributed by atoms with Crippen molar-refractivity contribution < 1.29 is 19.1 Å². The van der Waals surface area contributed by atoms with Crippen LogP contribution in [0.5, 0.6) is 5.75 Å². The van der Waals surface area contributed by atoms with E-state index in [9.17, 15) is 9.59 Å². The van der Waals surface area contributed by atoms with E-state index in [0.29, 0.717) is 22.0 Å². The van der Waals surface area contributed by atoms with E-state index in [1.807, 2.05) is 6.07 Å². The van der Waals surface area contributed by atoms with Gasteiger partial charge in [-0.15, -0.1) is 0 Å². The summed E-state index contributed by atoms with van der Waals surface area (Å²) >= 11 is 7.40. The van der Waals surface area contributed by atoms with Crippen LogP contribution < -0.4 is 9.54 Å². The molecule has 0 saturated heterocycles. The number of halogens is 1. The third-order valence-electron chi connectivity index (χ3n) is 4.55. The van der Waals surface area contributed by atoms with Crippen LogP contribution in [0.25, 0.3) is 10.2 Å². The summed E-state index contributed by atoms with van der Waals surface area (Å²) in [5, 5.41) is 0.574. The van der Waals surface area contributed by atoms with Crippen LogP contribution in [0, 0.1) is 0 Å². The second kappa shape index (κ2) is 11.1. The average Bonchev–Trinajstić information content (AvgIpc) is 3.07. The van der Waals surface area contributed by atoms with Gasteiger partial charge < -0.3 is 14.0 Å². The molecule has 164 valence electrons. The molecule has 3 aromatic rings. The Morgan fingerprint density at radius 3 is 2.58 bits per heavy atom. The Labute approximate surface area is 190 Å². The van der Waals surface area contributed by atoms with Crippen molar-refractivity contribution >= 4 is 45.0 Å². The van der Waals surface area contributed by atoms with Gasteiger partial charge >= 0.3 is 5.97 Å². The Kier molecular flexibility index (Phi) is 8.26. The second-order valence-electron chi connectivity index (χ2n) is 6.88. The van der Waals surface area contributed by atoms with Crippen molar-refractivity contribution in [3.63, 3.8) is 0 Å². The summed E-state index contributed by atoms with van der Waals surface area (Å²) < 4.78 is 13.3. The molecule has 0 N–H and O–H groups in total. The van der Waals surface area contributed by atoms with Gasteiger partial charge in [0.15, 0.2) is 4.80 Å². The van der Waals surface area contributed by atoms with Crippen molar-refractivity contribution in [1.29, 1.82) is 0 Å². The van der Waals surface area contributed by atoms with Gasteiger partial charge in [-0.25, -0.2) is 0 Å². The standard InChI is InChI=1S/C23H25ClN2O4S/c1-3-5-6-13-30-18-10-7-16(8-11-18)22(28)25-23-26(15-21(27)29-4-2)19-12-9-17(24)14-20(19)31-23/h7-12,14H,3-6,13,15H2,1-2H3. The van der Waals surface area contributed by atoms with Crippen LogP contribution in [0.4, 0.5) is 0 Å². The van der Waals surface area contributed by atoms with Gasteiger partial charge in [-0.05, 0) is 55.8 Å². The highest BCUT2D eigenvalue weighted by Crippen LogP contribution is 2.22. The molecule has 0 atom stereocenters. The van der Waals surface area contributed by atoms with Crippen LogP contribution in [-0.4, -0.2) is 29.7 Å². The zero-order chi connectivity index (χ0) is 22.2. The van der Waals surface area contributed by atoms with Crippen LogP contribution in [0.3, 0.4) is 0 Å². The first-order valence-corrected chi connectivity index (χ1v) is 11.5. The predicted octanol–water partition coefficient (Wildman–Crippen LogP) is 5.23. The summed E-state index contributed by atoms with van der Waals surface area (Å²) in [4.78, 5) is 29.6. The lowest BCUT2D eigenvalue weighted by atomic mass is 10.2. The molecule has 0 unspecified atom stereocenters. The van der Waals surface area contributed by atoms with Crippen molar-refractivity contribution in [1.82, 2.24) is 4.57 Å². The number of hydrogen-bond donors (Lipinski definition) is 0. The van der Waals surface area contributed by atoms with Crippen LogP contribution in [0.2, 0.25) is 5.02 Å². The van der Waals surface area contributed by atoms with Crippen LogP contribution in [0.15, 0.2) is 47.5 Å². The van der Waals surface area contributed by atoms with Gasteiger partial charge in [-0.3, -0.25) is 9.59 Å². The van der Waals surface area contributed by atoms with Crippen molar-refractivity contribution in [2.75, 3.05) is 13.2 Å². The molecular formula is C23H25ClN2O4S. The maximum atomic E-state index is 12.8. The molecule has 31 heavy (non-hydrogen) atoms. The van der Waals surface area contributed by atoms with Crippen molar-refractivity contribution in [3.8, 4) is 5.75 Å².